The molecule has 2 amide bonds. The monoisotopic (exact) mass is 361 g/mol. The first kappa shape index (κ1) is 18.6. The SMILES string of the molecule is Cc1ccc(NC(=O)CCN)cc1C(=O)NCc1cccc2ccccc12. The molecule has 0 aromatic heterocycles. The molecule has 0 aliphatic carbocycles. The first-order chi connectivity index (χ1) is 13.1. The van der Waals surface area contributed by atoms with Gasteiger partial charge in [-0.15, -0.1) is 0 Å². The Morgan fingerprint density at radius 1 is 1.00 bits per heavy atom. The summed E-state index contributed by atoms with van der Waals surface area (Å²) in [5.74, 6) is -0.334. The molecule has 0 fully saturated rings. The Morgan fingerprint density at radius 3 is 2.59 bits per heavy atom. The lowest BCUT2D eigenvalue weighted by Crippen LogP contribution is -2.24. The van der Waals surface area contributed by atoms with Crippen molar-refractivity contribution >= 4 is 28.3 Å². The minimum Gasteiger partial charge on any atom is -0.348 e. The Balaban J connectivity index is 1.74. The van der Waals surface area contributed by atoms with Crippen LogP contribution in [0.4, 0.5) is 5.69 Å². The minimum absolute atomic E-state index is 0.163. The van der Waals surface area contributed by atoms with Crippen LogP contribution in [0.1, 0.15) is 27.9 Å². The van der Waals surface area contributed by atoms with Crippen molar-refractivity contribution in [3.8, 4) is 0 Å². The highest BCUT2D eigenvalue weighted by atomic mass is 16.2. The first-order valence-electron chi connectivity index (χ1n) is 8.94. The summed E-state index contributed by atoms with van der Waals surface area (Å²) < 4.78 is 0. The van der Waals surface area contributed by atoms with Crippen LogP contribution in [0.5, 0.6) is 0 Å². The lowest BCUT2D eigenvalue weighted by Gasteiger charge is -2.12. The number of hydrogen-bond acceptors (Lipinski definition) is 3. The molecule has 5 nitrogen and oxygen atoms in total. The fourth-order valence-electron chi connectivity index (χ4n) is 3.02. The molecule has 0 atom stereocenters. The largest absolute Gasteiger partial charge is 0.348 e. The van der Waals surface area contributed by atoms with Gasteiger partial charge < -0.3 is 16.4 Å². The van der Waals surface area contributed by atoms with Crippen LogP contribution in [0.25, 0.3) is 10.8 Å². The summed E-state index contributed by atoms with van der Waals surface area (Å²) in [4.78, 5) is 24.4. The van der Waals surface area contributed by atoms with Crippen molar-refractivity contribution in [3.05, 3.63) is 77.4 Å². The van der Waals surface area contributed by atoms with Crippen LogP contribution in [0.15, 0.2) is 60.7 Å². The van der Waals surface area contributed by atoms with E-state index in [4.69, 9.17) is 5.73 Å². The van der Waals surface area contributed by atoms with E-state index in [2.05, 4.69) is 28.8 Å². The number of anilines is 1. The van der Waals surface area contributed by atoms with Gasteiger partial charge in [-0.2, -0.15) is 0 Å². The lowest BCUT2D eigenvalue weighted by atomic mass is 10.0. The second kappa shape index (κ2) is 8.47. The van der Waals surface area contributed by atoms with Gasteiger partial charge >= 0.3 is 0 Å². The van der Waals surface area contributed by atoms with Gasteiger partial charge in [0.25, 0.3) is 5.91 Å². The highest BCUT2D eigenvalue weighted by molar-refractivity contribution is 5.98. The normalized spacial score (nSPS) is 10.6. The van der Waals surface area contributed by atoms with Gasteiger partial charge in [0.2, 0.25) is 5.91 Å². The number of nitrogens with one attached hydrogen (secondary N) is 2. The number of fused-ring (bicyclic) bond motifs is 1. The Labute approximate surface area is 158 Å². The average molecular weight is 361 g/mol. The number of nitrogens with two attached hydrogens (primary N) is 1. The second-order valence-electron chi connectivity index (χ2n) is 6.44. The fraction of sp³-hybridized carbons (Fsp3) is 0.182. The van der Waals surface area contributed by atoms with E-state index < -0.39 is 0 Å². The van der Waals surface area contributed by atoms with E-state index in [1.807, 2.05) is 37.3 Å². The summed E-state index contributed by atoms with van der Waals surface area (Å²) in [6.45, 7) is 2.60. The zero-order valence-corrected chi connectivity index (χ0v) is 15.3. The molecular weight excluding hydrogens is 338 g/mol. The van der Waals surface area contributed by atoms with Crippen LogP contribution in [-0.4, -0.2) is 18.4 Å². The Morgan fingerprint density at radius 2 is 1.78 bits per heavy atom. The Hall–Kier alpha value is -3.18. The van der Waals surface area contributed by atoms with E-state index >= 15 is 0 Å². The van der Waals surface area contributed by atoms with E-state index in [1.165, 1.54) is 0 Å². The maximum absolute atomic E-state index is 12.7. The van der Waals surface area contributed by atoms with Crippen molar-refractivity contribution in [1.29, 1.82) is 0 Å². The molecule has 27 heavy (non-hydrogen) atoms. The fourth-order valence-corrected chi connectivity index (χ4v) is 3.02. The van der Waals surface area contributed by atoms with Crippen molar-refractivity contribution in [2.45, 2.75) is 19.9 Å². The van der Waals surface area contributed by atoms with Crippen LogP contribution in [0.2, 0.25) is 0 Å². The minimum atomic E-state index is -0.171. The van der Waals surface area contributed by atoms with Crippen LogP contribution < -0.4 is 16.4 Å². The van der Waals surface area contributed by atoms with Crippen LogP contribution >= 0.6 is 0 Å². The summed E-state index contributed by atoms with van der Waals surface area (Å²) in [7, 11) is 0. The number of amides is 2. The molecule has 0 unspecified atom stereocenters. The summed E-state index contributed by atoms with van der Waals surface area (Å²) in [6.07, 6.45) is 0.247. The quantitative estimate of drug-likeness (QED) is 0.629. The maximum atomic E-state index is 12.7. The Bertz CT molecular complexity index is 977. The number of carbonyl (C=O) groups excluding carboxylic acids is 2. The van der Waals surface area contributed by atoms with Gasteiger partial charge in [-0.3, -0.25) is 9.59 Å². The van der Waals surface area contributed by atoms with E-state index in [0.717, 1.165) is 21.9 Å². The Kier molecular flexibility index (Phi) is 5.84. The molecule has 138 valence electrons. The molecule has 0 radical (unpaired) electrons. The van der Waals surface area contributed by atoms with Crippen molar-refractivity contribution in [2.24, 2.45) is 5.73 Å². The van der Waals surface area contributed by atoms with Gasteiger partial charge in [0, 0.05) is 30.8 Å². The molecule has 3 aromatic rings. The summed E-state index contributed by atoms with van der Waals surface area (Å²) in [6, 6.07) is 19.5. The molecule has 0 bridgehead atoms. The van der Waals surface area contributed by atoms with Gasteiger partial charge in [-0.25, -0.2) is 0 Å². The van der Waals surface area contributed by atoms with Crippen LogP contribution in [0, 0.1) is 6.92 Å². The zero-order chi connectivity index (χ0) is 19.2. The number of aryl methyl sites for hydroxylation is 1. The number of carbonyl (C=O) groups is 2. The second-order valence-corrected chi connectivity index (χ2v) is 6.44. The number of hydrogen-bond donors (Lipinski definition) is 3. The highest BCUT2D eigenvalue weighted by Gasteiger charge is 2.11. The molecule has 5 heteroatoms. The topological polar surface area (TPSA) is 84.2 Å². The van der Waals surface area contributed by atoms with E-state index in [9.17, 15) is 9.59 Å². The number of rotatable bonds is 6. The highest BCUT2D eigenvalue weighted by Crippen LogP contribution is 2.19. The predicted molar refractivity (Wildman–Crippen MR) is 109 cm³/mol. The molecule has 4 N–H and O–H groups in total. The van der Waals surface area contributed by atoms with Gasteiger partial charge in [0.15, 0.2) is 0 Å². The molecular formula is C22H23N3O2. The van der Waals surface area contributed by atoms with E-state index in [1.54, 1.807) is 12.1 Å². The third-order valence-corrected chi connectivity index (χ3v) is 4.46. The smallest absolute Gasteiger partial charge is 0.251 e. The summed E-state index contributed by atoms with van der Waals surface area (Å²) in [5, 5.41) is 8.02. The van der Waals surface area contributed by atoms with Gasteiger partial charge in [0.1, 0.15) is 0 Å². The van der Waals surface area contributed by atoms with Crippen LogP contribution in [-0.2, 0) is 11.3 Å². The third kappa shape index (κ3) is 4.51. The molecule has 0 aliphatic heterocycles. The molecule has 3 rings (SSSR count). The molecule has 0 spiro atoms. The molecule has 0 saturated heterocycles. The standard InChI is InChI=1S/C22H23N3O2/c1-15-9-10-18(25-21(26)11-12-23)13-20(15)22(27)24-14-17-7-4-6-16-5-2-3-8-19(16)17/h2-10,13H,11-12,14,23H2,1H3,(H,24,27)(H,25,26). The third-order valence-electron chi connectivity index (χ3n) is 4.46. The first-order valence-corrected chi connectivity index (χ1v) is 8.94. The molecule has 0 aliphatic rings. The van der Waals surface area contributed by atoms with Crippen LogP contribution in [0.3, 0.4) is 0 Å². The van der Waals surface area contributed by atoms with Crippen molar-refractivity contribution in [1.82, 2.24) is 5.32 Å². The molecule has 3 aromatic carbocycles. The number of benzene rings is 3. The predicted octanol–water partition coefficient (Wildman–Crippen LogP) is 3.37. The van der Waals surface area contributed by atoms with E-state index in [-0.39, 0.29) is 24.8 Å². The lowest BCUT2D eigenvalue weighted by molar-refractivity contribution is -0.116. The maximum Gasteiger partial charge on any atom is 0.251 e. The van der Waals surface area contributed by atoms with Gasteiger partial charge in [-0.05, 0) is 41.0 Å². The van der Waals surface area contributed by atoms with Crippen molar-refractivity contribution in [3.63, 3.8) is 0 Å². The average Bonchev–Trinajstić information content (AvgIpc) is 2.67. The van der Waals surface area contributed by atoms with Crippen molar-refractivity contribution < 1.29 is 9.59 Å². The van der Waals surface area contributed by atoms with Crippen molar-refractivity contribution in [2.75, 3.05) is 11.9 Å². The zero-order valence-electron chi connectivity index (χ0n) is 15.3. The van der Waals surface area contributed by atoms with Gasteiger partial charge in [0.05, 0.1) is 0 Å². The van der Waals surface area contributed by atoms with Gasteiger partial charge in [-0.1, -0.05) is 48.5 Å². The molecule has 0 heterocycles. The van der Waals surface area contributed by atoms with E-state index in [0.29, 0.717) is 17.8 Å². The summed E-state index contributed by atoms with van der Waals surface area (Å²) >= 11 is 0. The molecule has 0 saturated carbocycles. The summed E-state index contributed by atoms with van der Waals surface area (Å²) in [5.41, 5.74) is 8.44.